The number of carbonyl (C=O) groups is 1. The van der Waals surface area contributed by atoms with E-state index in [0.717, 1.165) is 0 Å². The van der Waals surface area contributed by atoms with Crippen LogP contribution >= 0.6 is 23.2 Å². The van der Waals surface area contributed by atoms with Crippen LogP contribution in [0.25, 0.3) is 0 Å². The number of aliphatic carboxylic acids is 1. The van der Waals surface area contributed by atoms with Crippen LogP contribution in [0.4, 0.5) is 0 Å². The molecule has 15 heavy (non-hydrogen) atoms. The van der Waals surface area contributed by atoms with Crippen LogP contribution in [0.5, 0.6) is 0 Å². The minimum absolute atomic E-state index is 0.156. The summed E-state index contributed by atoms with van der Waals surface area (Å²) in [4.78, 5) is 11.2. The van der Waals surface area contributed by atoms with Crippen LogP contribution in [0.3, 0.4) is 0 Å². The predicted octanol–water partition coefficient (Wildman–Crippen LogP) is 2.35. The molecule has 2 rings (SSSR count). The molecule has 0 radical (unpaired) electrons. The molecule has 0 aliphatic carbocycles. The van der Waals surface area contributed by atoms with E-state index in [0.29, 0.717) is 15.6 Å². The molecule has 1 aromatic rings. The molecule has 1 aromatic carbocycles. The zero-order valence-corrected chi connectivity index (χ0v) is 9.18. The lowest BCUT2D eigenvalue weighted by atomic mass is 9.79. The van der Waals surface area contributed by atoms with Crippen molar-refractivity contribution in [2.45, 2.75) is 5.41 Å². The van der Waals surface area contributed by atoms with Crippen LogP contribution in [0.1, 0.15) is 5.56 Å². The normalized spacial score (nSPS) is 18.3. The van der Waals surface area contributed by atoms with Crippen molar-refractivity contribution in [2.24, 2.45) is 0 Å². The second-order valence-electron chi connectivity index (χ2n) is 3.50. The summed E-state index contributed by atoms with van der Waals surface area (Å²) < 4.78 is 4.97. The lowest BCUT2D eigenvalue weighted by Gasteiger charge is -2.38. The number of hydrogen-bond donors (Lipinski definition) is 1. The van der Waals surface area contributed by atoms with Gasteiger partial charge >= 0.3 is 5.97 Å². The molecule has 1 saturated heterocycles. The van der Waals surface area contributed by atoms with Crippen LogP contribution in [-0.4, -0.2) is 24.3 Å². The Morgan fingerprint density at radius 2 is 2.07 bits per heavy atom. The van der Waals surface area contributed by atoms with Gasteiger partial charge in [0.15, 0.2) is 0 Å². The highest BCUT2D eigenvalue weighted by atomic mass is 35.5. The Balaban J connectivity index is 2.48. The molecular weight excluding hydrogens is 239 g/mol. The summed E-state index contributed by atoms with van der Waals surface area (Å²) in [6.45, 7) is 0.313. The predicted molar refractivity (Wildman–Crippen MR) is 56.6 cm³/mol. The molecule has 0 spiro atoms. The molecular formula is C10H8Cl2O3. The van der Waals surface area contributed by atoms with Gasteiger partial charge in [-0.15, -0.1) is 0 Å². The zero-order chi connectivity index (χ0) is 11.1. The molecule has 5 heteroatoms. The SMILES string of the molecule is O=C(O)C1(c2ccc(Cl)cc2Cl)COC1. The highest BCUT2D eigenvalue weighted by molar-refractivity contribution is 6.35. The van der Waals surface area contributed by atoms with Gasteiger partial charge in [0.05, 0.1) is 13.2 Å². The van der Waals surface area contributed by atoms with Crippen LogP contribution in [0, 0.1) is 0 Å². The van der Waals surface area contributed by atoms with Gasteiger partial charge in [-0.25, -0.2) is 0 Å². The van der Waals surface area contributed by atoms with Crippen LogP contribution < -0.4 is 0 Å². The van der Waals surface area contributed by atoms with Crippen molar-refractivity contribution < 1.29 is 14.6 Å². The summed E-state index contributed by atoms with van der Waals surface area (Å²) in [7, 11) is 0. The monoisotopic (exact) mass is 246 g/mol. The van der Waals surface area contributed by atoms with Gasteiger partial charge in [-0.1, -0.05) is 29.3 Å². The number of ether oxygens (including phenoxy) is 1. The van der Waals surface area contributed by atoms with E-state index in [4.69, 9.17) is 33.0 Å². The molecule has 0 atom stereocenters. The van der Waals surface area contributed by atoms with Crippen LogP contribution in [-0.2, 0) is 14.9 Å². The van der Waals surface area contributed by atoms with Crippen molar-refractivity contribution in [2.75, 3.05) is 13.2 Å². The quantitative estimate of drug-likeness (QED) is 0.872. The highest BCUT2D eigenvalue weighted by Crippen LogP contribution is 2.37. The average Bonchev–Trinajstić information content (AvgIpc) is 2.05. The Hall–Kier alpha value is -0.770. The van der Waals surface area contributed by atoms with Gasteiger partial charge in [0.25, 0.3) is 0 Å². The van der Waals surface area contributed by atoms with Crippen molar-refractivity contribution in [1.82, 2.24) is 0 Å². The van der Waals surface area contributed by atoms with Crippen LogP contribution in [0.2, 0.25) is 10.0 Å². The van der Waals surface area contributed by atoms with E-state index < -0.39 is 11.4 Å². The summed E-state index contributed by atoms with van der Waals surface area (Å²) in [5, 5.41) is 10.0. The topological polar surface area (TPSA) is 46.5 Å². The van der Waals surface area contributed by atoms with E-state index in [1.807, 2.05) is 0 Å². The molecule has 0 aromatic heterocycles. The fraction of sp³-hybridized carbons (Fsp3) is 0.300. The fourth-order valence-corrected chi connectivity index (χ4v) is 2.17. The van der Waals surface area contributed by atoms with Gasteiger partial charge in [0, 0.05) is 10.0 Å². The van der Waals surface area contributed by atoms with Crippen LogP contribution in [0.15, 0.2) is 18.2 Å². The van der Waals surface area contributed by atoms with E-state index in [-0.39, 0.29) is 13.2 Å². The van der Waals surface area contributed by atoms with Crippen molar-refractivity contribution in [3.63, 3.8) is 0 Å². The van der Waals surface area contributed by atoms with Gasteiger partial charge < -0.3 is 9.84 Å². The molecule has 0 amide bonds. The lowest BCUT2D eigenvalue weighted by Crippen LogP contribution is -2.53. The standard InChI is InChI=1S/C10H8Cl2O3/c11-6-1-2-7(8(12)3-6)10(9(13)14)4-15-5-10/h1-3H,4-5H2,(H,13,14). The largest absolute Gasteiger partial charge is 0.480 e. The molecule has 1 fully saturated rings. The Labute approximate surface area is 96.6 Å². The van der Waals surface area contributed by atoms with E-state index >= 15 is 0 Å². The Bertz CT molecular complexity index is 413. The first-order valence-corrected chi connectivity index (χ1v) is 5.08. The van der Waals surface area contributed by atoms with Gasteiger partial charge in [0.2, 0.25) is 0 Å². The van der Waals surface area contributed by atoms with Gasteiger partial charge in [0.1, 0.15) is 5.41 Å². The molecule has 1 aliphatic heterocycles. The minimum atomic E-state index is -0.998. The second-order valence-corrected chi connectivity index (χ2v) is 4.35. The smallest absolute Gasteiger partial charge is 0.318 e. The fourth-order valence-electron chi connectivity index (χ4n) is 1.58. The Morgan fingerprint density at radius 1 is 1.40 bits per heavy atom. The third-order valence-electron chi connectivity index (χ3n) is 2.55. The van der Waals surface area contributed by atoms with Gasteiger partial charge in [-0.2, -0.15) is 0 Å². The number of carboxylic acid groups (broad SMARTS) is 1. The molecule has 1 aliphatic rings. The Morgan fingerprint density at radius 3 is 2.47 bits per heavy atom. The molecule has 1 N–H and O–H groups in total. The van der Waals surface area contributed by atoms with E-state index in [9.17, 15) is 4.79 Å². The minimum Gasteiger partial charge on any atom is -0.480 e. The second kappa shape index (κ2) is 3.67. The third kappa shape index (κ3) is 1.61. The maximum absolute atomic E-state index is 11.2. The molecule has 0 bridgehead atoms. The summed E-state index contributed by atoms with van der Waals surface area (Å²) in [5.41, 5.74) is -0.436. The Kier molecular flexibility index (Phi) is 2.63. The number of rotatable bonds is 2. The molecule has 1 heterocycles. The van der Waals surface area contributed by atoms with Crippen molar-refractivity contribution >= 4 is 29.2 Å². The number of hydrogen-bond acceptors (Lipinski definition) is 2. The third-order valence-corrected chi connectivity index (χ3v) is 3.10. The summed E-state index contributed by atoms with van der Waals surface area (Å²) in [5.74, 6) is -0.919. The zero-order valence-electron chi connectivity index (χ0n) is 7.67. The van der Waals surface area contributed by atoms with Gasteiger partial charge in [-0.3, -0.25) is 4.79 Å². The highest BCUT2D eigenvalue weighted by Gasteiger charge is 2.49. The summed E-state index contributed by atoms with van der Waals surface area (Å²) in [6.07, 6.45) is 0. The van der Waals surface area contributed by atoms with E-state index in [2.05, 4.69) is 0 Å². The number of carboxylic acids is 1. The maximum Gasteiger partial charge on any atom is 0.318 e. The summed E-state index contributed by atoms with van der Waals surface area (Å²) in [6, 6.07) is 4.81. The lowest BCUT2D eigenvalue weighted by molar-refractivity contribution is -0.163. The molecule has 0 unspecified atom stereocenters. The number of benzene rings is 1. The van der Waals surface area contributed by atoms with E-state index in [1.54, 1.807) is 18.2 Å². The first-order valence-electron chi connectivity index (χ1n) is 4.33. The molecule has 3 nitrogen and oxygen atoms in total. The van der Waals surface area contributed by atoms with Crippen molar-refractivity contribution in [1.29, 1.82) is 0 Å². The number of halogens is 2. The summed E-state index contributed by atoms with van der Waals surface area (Å²) >= 11 is 11.7. The van der Waals surface area contributed by atoms with E-state index in [1.165, 1.54) is 0 Å². The maximum atomic E-state index is 11.2. The van der Waals surface area contributed by atoms with Gasteiger partial charge in [-0.05, 0) is 17.7 Å². The van der Waals surface area contributed by atoms with Crippen molar-refractivity contribution in [3.05, 3.63) is 33.8 Å². The molecule has 0 saturated carbocycles. The van der Waals surface area contributed by atoms with Crippen molar-refractivity contribution in [3.8, 4) is 0 Å². The molecule has 80 valence electrons. The average molecular weight is 247 g/mol. The first-order chi connectivity index (χ1) is 7.06. The first kappa shape index (κ1) is 10.7.